The van der Waals surface area contributed by atoms with Gasteiger partial charge in [0.2, 0.25) is 0 Å². The van der Waals surface area contributed by atoms with Gasteiger partial charge in [-0.1, -0.05) is 0 Å². The van der Waals surface area contributed by atoms with E-state index in [0.29, 0.717) is 0 Å². The molecule has 2 unspecified atom stereocenters. The van der Waals surface area contributed by atoms with Gasteiger partial charge in [-0.25, -0.2) is 0 Å². The molecule has 2 heteroatoms. The molecule has 0 saturated heterocycles. The van der Waals surface area contributed by atoms with Gasteiger partial charge in [-0.15, -0.1) is 0 Å². The van der Waals surface area contributed by atoms with E-state index in [-0.39, 0.29) is 11.8 Å². The summed E-state index contributed by atoms with van der Waals surface area (Å²) in [6, 6.07) is 0. The van der Waals surface area contributed by atoms with Crippen molar-refractivity contribution in [2.75, 3.05) is 0 Å². The summed E-state index contributed by atoms with van der Waals surface area (Å²) in [4.78, 5) is 10.2. The highest BCUT2D eigenvalue weighted by Gasteiger charge is 2.32. The molecule has 2 atom stereocenters. The molecule has 2 nitrogen and oxygen atoms in total. The third-order valence-corrected chi connectivity index (χ3v) is 1.73. The largest absolute Gasteiger partial charge is 0.481 e. The monoisotopic (exact) mass is 113 g/mol. The fraction of sp³-hybridized carbons (Fsp3) is 0.667. The standard InChI is InChI=1S/C6H9O2/c1-4-2-3-5(4)6(7)8/h4-5H,1-3H2,(H,7,8). The van der Waals surface area contributed by atoms with E-state index in [2.05, 4.69) is 6.92 Å². The first-order valence-corrected chi connectivity index (χ1v) is 2.77. The third kappa shape index (κ3) is 0.703. The Morgan fingerprint density at radius 1 is 1.62 bits per heavy atom. The van der Waals surface area contributed by atoms with Crippen LogP contribution in [0, 0.1) is 18.8 Å². The lowest BCUT2D eigenvalue weighted by atomic mass is 9.75. The molecular formula is C6H9O2. The molecule has 1 rings (SSSR count). The molecule has 0 amide bonds. The highest BCUT2D eigenvalue weighted by atomic mass is 16.4. The molecule has 0 bridgehead atoms. The van der Waals surface area contributed by atoms with E-state index in [4.69, 9.17) is 5.11 Å². The summed E-state index contributed by atoms with van der Waals surface area (Å²) in [5.41, 5.74) is 0. The zero-order valence-electron chi connectivity index (χ0n) is 4.63. The predicted molar refractivity (Wildman–Crippen MR) is 29.2 cm³/mol. The van der Waals surface area contributed by atoms with E-state index < -0.39 is 5.97 Å². The lowest BCUT2D eigenvalue weighted by Crippen LogP contribution is -2.30. The van der Waals surface area contributed by atoms with Crippen LogP contribution in [0.1, 0.15) is 12.8 Å². The van der Waals surface area contributed by atoms with Crippen LogP contribution in [0.3, 0.4) is 0 Å². The van der Waals surface area contributed by atoms with Crippen molar-refractivity contribution in [2.45, 2.75) is 12.8 Å². The third-order valence-electron chi connectivity index (χ3n) is 1.73. The summed E-state index contributed by atoms with van der Waals surface area (Å²) in [5, 5.41) is 8.36. The van der Waals surface area contributed by atoms with Gasteiger partial charge in [-0.2, -0.15) is 0 Å². The summed E-state index contributed by atoms with van der Waals surface area (Å²) in [6.45, 7) is 3.67. The van der Waals surface area contributed by atoms with Crippen molar-refractivity contribution in [2.24, 2.45) is 11.8 Å². The summed E-state index contributed by atoms with van der Waals surface area (Å²) in [6.07, 6.45) is 1.81. The molecule has 1 N–H and O–H groups in total. The quantitative estimate of drug-likeness (QED) is 0.549. The van der Waals surface area contributed by atoms with Gasteiger partial charge in [0.05, 0.1) is 5.92 Å². The number of carbonyl (C=O) groups is 1. The van der Waals surface area contributed by atoms with Crippen molar-refractivity contribution in [1.82, 2.24) is 0 Å². The van der Waals surface area contributed by atoms with Crippen LogP contribution in [0.4, 0.5) is 0 Å². The Hall–Kier alpha value is -0.530. The molecule has 0 aliphatic heterocycles. The average Bonchev–Trinajstić information content (AvgIpc) is 1.61. The molecule has 1 saturated carbocycles. The van der Waals surface area contributed by atoms with Gasteiger partial charge in [0.15, 0.2) is 0 Å². The zero-order valence-corrected chi connectivity index (χ0v) is 4.63. The van der Waals surface area contributed by atoms with E-state index >= 15 is 0 Å². The van der Waals surface area contributed by atoms with Gasteiger partial charge in [0, 0.05) is 0 Å². The highest BCUT2D eigenvalue weighted by Crippen LogP contribution is 2.32. The Bertz CT molecular complexity index is 109. The Balaban J connectivity index is 2.37. The fourth-order valence-electron chi connectivity index (χ4n) is 0.894. The smallest absolute Gasteiger partial charge is 0.306 e. The van der Waals surface area contributed by atoms with Crippen molar-refractivity contribution in [3.05, 3.63) is 6.92 Å². The van der Waals surface area contributed by atoms with Crippen LogP contribution >= 0.6 is 0 Å². The van der Waals surface area contributed by atoms with Crippen molar-refractivity contribution in [3.8, 4) is 0 Å². The van der Waals surface area contributed by atoms with E-state index in [1.807, 2.05) is 0 Å². The van der Waals surface area contributed by atoms with E-state index in [9.17, 15) is 4.79 Å². The molecule has 8 heavy (non-hydrogen) atoms. The van der Waals surface area contributed by atoms with Gasteiger partial charge in [-0.05, 0) is 25.7 Å². The molecule has 0 aromatic rings. The second-order valence-electron chi connectivity index (χ2n) is 2.28. The highest BCUT2D eigenvalue weighted by molar-refractivity contribution is 5.71. The second-order valence-corrected chi connectivity index (χ2v) is 2.28. The first-order chi connectivity index (χ1) is 3.72. The van der Waals surface area contributed by atoms with Crippen LogP contribution in [0.15, 0.2) is 0 Å². The van der Waals surface area contributed by atoms with Gasteiger partial charge < -0.3 is 5.11 Å². The molecule has 1 aliphatic carbocycles. The number of carboxylic acids is 1. The van der Waals surface area contributed by atoms with Crippen LogP contribution in [-0.4, -0.2) is 11.1 Å². The van der Waals surface area contributed by atoms with Gasteiger partial charge in [0.1, 0.15) is 0 Å². The van der Waals surface area contributed by atoms with Gasteiger partial charge >= 0.3 is 5.97 Å². The van der Waals surface area contributed by atoms with Crippen LogP contribution < -0.4 is 0 Å². The van der Waals surface area contributed by atoms with Crippen molar-refractivity contribution in [3.63, 3.8) is 0 Å². The SMILES string of the molecule is [CH2]C1CCC1C(=O)O. The van der Waals surface area contributed by atoms with Crippen molar-refractivity contribution in [1.29, 1.82) is 0 Å². The summed E-state index contributed by atoms with van der Waals surface area (Å²) < 4.78 is 0. The first kappa shape index (κ1) is 5.60. The van der Waals surface area contributed by atoms with E-state index in [0.717, 1.165) is 12.8 Å². The number of carboxylic acid groups (broad SMARTS) is 1. The lowest BCUT2D eigenvalue weighted by molar-refractivity contribution is -0.146. The molecule has 0 spiro atoms. The minimum absolute atomic E-state index is 0.144. The Morgan fingerprint density at radius 3 is 2.25 bits per heavy atom. The topological polar surface area (TPSA) is 37.3 Å². The van der Waals surface area contributed by atoms with Crippen LogP contribution in [0.2, 0.25) is 0 Å². The second kappa shape index (κ2) is 1.77. The zero-order chi connectivity index (χ0) is 6.15. The molecule has 1 aliphatic rings. The van der Waals surface area contributed by atoms with Gasteiger partial charge in [0.25, 0.3) is 0 Å². The van der Waals surface area contributed by atoms with Crippen LogP contribution in [-0.2, 0) is 4.79 Å². The molecule has 1 fully saturated rings. The minimum Gasteiger partial charge on any atom is -0.481 e. The minimum atomic E-state index is -0.684. The predicted octanol–water partition coefficient (Wildman–Crippen LogP) is 0.931. The Kier molecular flexibility index (Phi) is 1.24. The number of hydrogen-bond donors (Lipinski definition) is 1. The van der Waals surface area contributed by atoms with Crippen LogP contribution in [0.25, 0.3) is 0 Å². The Labute approximate surface area is 48.5 Å². The number of hydrogen-bond acceptors (Lipinski definition) is 1. The molecule has 0 aromatic heterocycles. The Morgan fingerprint density at radius 2 is 2.25 bits per heavy atom. The van der Waals surface area contributed by atoms with Gasteiger partial charge in [-0.3, -0.25) is 4.79 Å². The van der Waals surface area contributed by atoms with Crippen molar-refractivity contribution >= 4 is 5.97 Å². The number of aliphatic carboxylic acids is 1. The van der Waals surface area contributed by atoms with E-state index in [1.165, 1.54) is 0 Å². The average molecular weight is 113 g/mol. The molecule has 0 aromatic carbocycles. The normalized spacial score (nSPS) is 36.1. The molecule has 1 radical (unpaired) electrons. The molecule has 0 heterocycles. The first-order valence-electron chi connectivity index (χ1n) is 2.77. The number of rotatable bonds is 1. The summed E-state index contributed by atoms with van der Waals surface area (Å²) in [5.74, 6) is -0.654. The lowest BCUT2D eigenvalue weighted by Gasteiger charge is -2.29. The molecule has 45 valence electrons. The maximum Gasteiger partial charge on any atom is 0.306 e. The summed E-state index contributed by atoms with van der Waals surface area (Å²) in [7, 11) is 0. The van der Waals surface area contributed by atoms with E-state index in [1.54, 1.807) is 0 Å². The van der Waals surface area contributed by atoms with Crippen molar-refractivity contribution < 1.29 is 9.90 Å². The summed E-state index contributed by atoms with van der Waals surface area (Å²) >= 11 is 0. The molecular weight excluding hydrogens is 104 g/mol. The maximum absolute atomic E-state index is 10.2. The van der Waals surface area contributed by atoms with Crippen LogP contribution in [0.5, 0.6) is 0 Å². The fourth-order valence-corrected chi connectivity index (χ4v) is 0.894. The maximum atomic E-state index is 10.2.